The molecule has 2 nitrogen and oxygen atoms in total. The van der Waals surface area contributed by atoms with Gasteiger partial charge < -0.3 is 10.6 Å². The zero-order valence-corrected chi connectivity index (χ0v) is 24.0. The van der Waals surface area contributed by atoms with Crippen LogP contribution < -0.4 is 21.2 Å². The lowest BCUT2D eigenvalue weighted by molar-refractivity contribution is 0.461. The van der Waals surface area contributed by atoms with Crippen LogP contribution >= 0.6 is 20.1 Å². The molecule has 2 aliphatic rings. The first kappa shape index (κ1) is 26.1. The minimum absolute atomic E-state index is 0.263. The number of anilines is 1. The van der Waals surface area contributed by atoms with Crippen molar-refractivity contribution in [2.45, 2.75) is 71.0 Å². The van der Waals surface area contributed by atoms with Gasteiger partial charge in [0.25, 0.3) is 0 Å². The third kappa shape index (κ3) is 6.16. The van der Waals surface area contributed by atoms with Gasteiger partial charge in [-0.05, 0) is 113 Å². The second kappa shape index (κ2) is 11.9. The summed E-state index contributed by atoms with van der Waals surface area (Å²) in [5.74, 6) is 0.485. The van der Waals surface area contributed by atoms with Crippen LogP contribution in [-0.2, 0) is 0 Å². The van der Waals surface area contributed by atoms with E-state index in [0.29, 0.717) is 11.6 Å². The van der Waals surface area contributed by atoms with E-state index < -0.39 is 7.92 Å². The quantitative estimate of drug-likeness (QED) is 0.195. The lowest BCUT2D eigenvalue weighted by Gasteiger charge is -2.36. The van der Waals surface area contributed by atoms with Gasteiger partial charge in [0.15, 0.2) is 5.11 Å². The van der Waals surface area contributed by atoms with Gasteiger partial charge in [-0.25, -0.2) is 0 Å². The average molecular weight is 527 g/mol. The Morgan fingerprint density at radius 3 is 2.05 bits per heavy atom. The van der Waals surface area contributed by atoms with Gasteiger partial charge in [0.05, 0.1) is 0 Å². The lowest BCUT2D eigenvalue weighted by atomic mass is 9.90. The van der Waals surface area contributed by atoms with Crippen molar-refractivity contribution in [1.82, 2.24) is 5.32 Å². The number of hydrogen-bond acceptors (Lipinski definition) is 1. The van der Waals surface area contributed by atoms with E-state index in [1.807, 2.05) is 0 Å². The van der Waals surface area contributed by atoms with Gasteiger partial charge in [-0.15, -0.1) is 0 Å². The SMILES string of the molecule is Cc1cc(C)cc(NC(=S)N[C@H](C)C2C3=C(CCCCC3)C[C@@H]2P(c2ccccc2)c2ccccc2)c1. The van der Waals surface area contributed by atoms with E-state index in [1.165, 1.54) is 60.3 Å². The first-order valence-electron chi connectivity index (χ1n) is 13.8. The molecule has 3 aromatic rings. The van der Waals surface area contributed by atoms with Crippen molar-refractivity contribution in [2.24, 2.45) is 5.92 Å². The molecule has 0 heterocycles. The highest BCUT2D eigenvalue weighted by atomic mass is 32.1. The van der Waals surface area contributed by atoms with Crippen molar-refractivity contribution in [2.75, 3.05) is 5.32 Å². The topological polar surface area (TPSA) is 24.1 Å². The van der Waals surface area contributed by atoms with Crippen LogP contribution in [0.2, 0.25) is 0 Å². The number of rotatable bonds is 6. The van der Waals surface area contributed by atoms with Crippen molar-refractivity contribution in [3.8, 4) is 0 Å². The van der Waals surface area contributed by atoms with Crippen LogP contribution in [0.3, 0.4) is 0 Å². The summed E-state index contributed by atoms with van der Waals surface area (Å²) in [5, 5.41) is 10.9. The highest BCUT2D eigenvalue weighted by molar-refractivity contribution is 7.80. The molecule has 0 saturated heterocycles. The van der Waals surface area contributed by atoms with Crippen LogP contribution in [0.25, 0.3) is 0 Å². The van der Waals surface area contributed by atoms with E-state index in [4.69, 9.17) is 12.2 Å². The average Bonchev–Trinajstić information content (AvgIpc) is 3.06. The molecule has 0 aromatic heterocycles. The molecular formula is C33H39N2PS. The highest BCUT2D eigenvalue weighted by Crippen LogP contribution is 2.55. The highest BCUT2D eigenvalue weighted by Gasteiger charge is 2.43. The summed E-state index contributed by atoms with van der Waals surface area (Å²) in [5.41, 5.74) is 7.62. The normalized spacial score (nSPS) is 20.3. The standard InChI is InChI=1S/C33H39N2PS/c1-23-19-24(2)21-27(20-23)35-33(37)34-25(3)32-30-18-12-4-7-13-26(30)22-31(32)36(28-14-8-5-9-15-28)29-16-10-6-11-17-29/h5-6,8-11,14-17,19-21,25,31-32H,4,7,12-13,18,22H2,1-3H3,(H2,34,35,37)/t25-,31+,32?/m1/s1. The molecule has 0 amide bonds. The summed E-state index contributed by atoms with van der Waals surface area (Å²) in [7, 11) is -0.496. The van der Waals surface area contributed by atoms with Crippen molar-refractivity contribution in [3.05, 3.63) is 101 Å². The Kier molecular flexibility index (Phi) is 8.43. The van der Waals surface area contributed by atoms with Gasteiger partial charge in [0.1, 0.15) is 0 Å². The smallest absolute Gasteiger partial charge is 0.171 e. The molecule has 3 aromatic carbocycles. The third-order valence-corrected chi connectivity index (χ3v) is 11.0. The van der Waals surface area contributed by atoms with Crippen molar-refractivity contribution in [1.29, 1.82) is 0 Å². The summed E-state index contributed by atoms with van der Waals surface area (Å²) < 4.78 is 0. The predicted octanol–water partition coefficient (Wildman–Crippen LogP) is 7.76. The summed E-state index contributed by atoms with van der Waals surface area (Å²) in [6.45, 7) is 6.63. The predicted molar refractivity (Wildman–Crippen MR) is 166 cm³/mol. The maximum atomic E-state index is 5.87. The number of nitrogens with one attached hydrogen (secondary N) is 2. The molecule has 192 valence electrons. The largest absolute Gasteiger partial charge is 0.359 e. The molecule has 37 heavy (non-hydrogen) atoms. The first-order valence-corrected chi connectivity index (χ1v) is 15.6. The van der Waals surface area contributed by atoms with Gasteiger partial charge >= 0.3 is 0 Å². The monoisotopic (exact) mass is 526 g/mol. The summed E-state index contributed by atoms with van der Waals surface area (Å²) in [4.78, 5) is 0. The van der Waals surface area contributed by atoms with Crippen LogP contribution in [0.15, 0.2) is 90.0 Å². The number of benzene rings is 3. The molecule has 0 spiro atoms. The molecule has 3 atom stereocenters. The summed E-state index contributed by atoms with van der Waals surface area (Å²) >= 11 is 5.87. The van der Waals surface area contributed by atoms with E-state index in [0.717, 1.165) is 10.8 Å². The van der Waals surface area contributed by atoms with Crippen molar-refractivity contribution >= 4 is 41.5 Å². The fraction of sp³-hybridized carbons (Fsp3) is 0.364. The second-order valence-corrected chi connectivity index (χ2v) is 13.6. The summed E-state index contributed by atoms with van der Waals surface area (Å²) in [6, 6.07) is 29.3. The Labute approximate surface area is 229 Å². The third-order valence-electron chi connectivity index (χ3n) is 7.93. The Bertz CT molecular complexity index is 1190. The van der Waals surface area contributed by atoms with E-state index in [-0.39, 0.29) is 6.04 Å². The minimum atomic E-state index is -0.496. The molecule has 0 aliphatic heterocycles. The Hall–Kier alpha value is -2.48. The van der Waals surface area contributed by atoms with Gasteiger partial charge in [-0.1, -0.05) is 84.3 Å². The fourth-order valence-corrected chi connectivity index (χ4v) is 10.0. The van der Waals surface area contributed by atoms with Crippen LogP contribution in [0.1, 0.15) is 56.6 Å². The second-order valence-electron chi connectivity index (χ2n) is 10.8. The minimum Gasteiger partial charge on any atom is -0.359 e. The van der Waals surface area contributed by atoms with Gasteiger partial charge in [0.2, 0.25) is 0 Å². The van der Waals surface area contributed by atoms with E-state index >= 15 is 0 Å². The van der Waals surface area contributed by atoms with Crippen LogP contribution in [-0.4, -0.2) is 16.8 Å². The van der Waals surface area contributed by atoms with Crippen LogP contribution in [0.5, 0.6) is 0 Å². The maximum Gasteiger partial charge on any atom is 0.171 e. The van der Waals surface area contributed by atoms with Crippen LogP contribution in [0.4, 0.5) is 5.69 Å². The van der Waals surface area contributed by atoms with Gasteiger partial charge in [-0.2, -0.15) is 0 Å². The number of hydrogen-bond donors (Lipinski definition) is 2. The Morgan fingerprint density at radius 1 is 0.838 bits per heavy atom. The van der Waals surface area contributed by atoms with Crippen molar-refractivity contribution < 1.29 is 0 Å². The zero-order valence-electron chi connectivity index (χ0n) is 22.3. The lowest BCUT2D eigenvalue weighted by Crippen LogP contribution is -2.44. The Morgan fingerprint density at radius 2 is 1.43 bits per heavy atom. The Balaban J connectivity index is 1.46. The number of allylic oxidation sites excluding steroid dienone is 1. The molecular weight excluding hydrogens is 487 g/mol. The van der Waals surface area contributed by atoms with E-state index in [1.54, 1.807) is 11.1 Å². The number of thiocarbonyl (C=S) groups is 1. The van der Waals surface area contributed by atoms with Crippen LogP contribution in [0, 0.1) is 19.8 Å². The zero-order chi connectivity index (χ0) is 25.8. The molecule has 0 fully saturated rings. The molecule has 4 heteroatoms. The molecule has 5 rings (SSSR count). The molecule has 1 unspecified atom stereocenters. The molecule has 0 bridgehead atoms. The summed E-state index contributed by atoms with van der Waals surface area (Å²) in [6.07, 6.45) is 7.74. The number of aryl methyl sites for hydroxylation is 2. The first-order chi connectivity index (χ1) is 18.0. The van der Waals surface area contributed by atoms with E-state index in [2.05, 4.69) is 110 Å². The van der Waals surface area contributed by atoms with Gasteiger partial charge in [-0.3, -0.25) is 0 Å². The maximum absolute atomic E-state index is 5.87. The van der Waals surface area contributed by atoms with Gasteiger partial charge in [0, 0.05) is 17.6 Å². The molecule has 2 N–H and O–H groups in total. The fourth-order valence-electron chi connectivity index (χ4n) is 6.52. The molecule has 2 aliphatic carbocycles. The van der Waals surface area contributed by atoms with E-state index in [9.17, 15) is 0 Å². The molecule has 0 saturated carbocycles. The molecule has 0 radical (unpaired) electrons. The van der Waals surface area contributed by atoms with Crippen molar-refractivity contribution in [3.63, 3.8) is 0 Å².